The standard InChI is InChI=1S/C16H23NO4/c1-3-4-10-17(11-9-16(19)20)15(18)12-21-14-7-5-13(2)6-8-14/h5-8H,3-4,9-12H2,1-2H3,(H,19,20). The highest BCUT2D eigenvalue weighted by molar-refractivity contribution is 5.78. The molecule has 0 radical (unpaired) electrons. The van der Waals surface area contributed by atoms with Crippen molar-refractivity contribution in [3.8, 4) is 5.75 Å². The second-order valence-electron chi connectivity index (χ2n) is 4.98. The van der Waals surface area contributed by atoms with Crippen molar-refractivity contribution in [3.05, 3.63) is 29.8 Å². The van der Waals surface area contributed by atoms with Crippen LogP contribution in [0.15, 0.2) is 24.3 Å². The number of carbonyl (C=O) groups excluding carboxylic acids is 1. The van der Waals surface area contributed by atoms with Gasteiger partial charge in [0.15, 0.2) is 6.61 Å². The molecule has 1 N–H and O–H groups in total. The van der Waals surface area contributed by atoms with E-state index in [0.717, 1.165) is 18.4 Å². The molecule has 0 unspecified atom stereocenters. The van der Waals surface area contributed by atoms with Crippen LogP contribution >= 0.6 is 0 Å². The summed E-state index contributed by atoms with van der Waals surface area (Å²) in [5.41, 5.74) is 1.12. The van der Waals surface area contributed by atoms with Crippen LogP contribution in [-0.2, 0) is 9.59 Å². The molecule has 0 spiro atoms. The van der Waals surface area contributed by atoms with E-state index in [1.807, 2.05) is 38.1 Å². The summed E-state index contributed by atoms with van der Waals surface area (Å²) in [6.07, 6.45) is 1.77. The second-order valence-corrected chi connectivity index (χ2v) is 4.98. The number of benzene rings is 1. The minimum absolute atomic E-state index is 0.0417. The van der Waals surface area contributed by atoms with Crippen molar-refractivity contribution in [3.63, 3.8) is 0 Å². The van der Waals surface area contributed by atoms with Crippen molar-refractivity contribution < 1.29 is 19.4 Å². The lowest BCUT2D eigenvalue weighted by atomic mass is 10.2. The first-order chi connectivity index (χ1) is 10.0. The van der Waals surface area contributed by atoms with Crippen molar-refractivity contribution in [2.45, 2.75) is 33.1 Å². The highest BCUT2D eigenvalue weighted by Crippen LogP contribution is 2.11. The summed E-state index contributed by atoms with van der Waals surface area (Å²) >= 11 is 0. The number of aliphatic carboxylic acids is 1. The molecule has 1 rings (SSSR count). The Kier molecular flexibility index (Phi) is 7.29. The number of carbonyl (C=O) groups is 2. The van der Waals surface area contributed by atoms with Crippen molar-refractivity contribution in [2.24, 2.45) is 0 Å². The molecule has 0 fully saturated rings. The molecule has 0 bridgehead atoms. The zero-order valence-electron chi connectivity index (χ0n) is 12.7. The summed E-state index contributed by atoms with van der Waals surface area (Å²) < 4.78 is 5.45. The lowest BCUT2D eigenvalue weighted by Gasteiger charge is -2.21. The molecule has 21 heavy (non-hydrogen) atoms. The molecule has 1 aromatic rings. The van der Waals surface area contributed by atoms with Gasteiger partial charge in [0.05, 0.1) is 6.42 Å². The van der Waals surface area contributed by atoms with E-state index < -0.39 is 5.97 Å². The van der Waals surface area contributed by atoms with E-state index in [2.05, 4.69) is 0 Å². The molecule has 5 nitrogen and oxygen atoms in total. The third-order valence-electron chi connectivity index (χ3n) is 3.11. The van der Waals surface area contributed by atoms with Crippen molar-refractivity contribution >= 4 is 11.9 Å². The molecule has 1 amide bonds. The van der Waals surface area contributed by atoms with Gasteiger partial charge in [-0.3, -0.25) is 9.59 Å². The molecule has 0 aliphatic carbocycles. The minimum atomic E-state index is -0.899. The largest absolute Gasteiger partial charge is 0.484 e. The lowest BCUT2D eigenvalue weighted by Crippen LogP contribution is -2.37. The van der Waals surface area contributed by atoms with Crippen LogP contribution in [0.25, 0.3) is 0 Å². The number of ether oxygens (including phenoxy) is 1. The van der Waals surface area contributed by atoms with Gasteiger partial charge < -0.3 is 14.7 Å². The average molecular weight is 293 g/mol. The topological polar surface area (TPSA) is 66.8 Å². The van der Waals surface area contributed by atoms with Gasteiger partial charge in [-0.1, -0.05) is 31.0 Å². The molecule has 0 heterocycles. The summed E-state index contributed by atoms with van der Waals surface area (Å²) in [5, 5.41) is 8.73. The molecule has 116 valence electrons. The highest BCUT2D eigenvalue weighted by atomic mass is 16.5. The summed E-state index contributed by atoms with van der Waals surface area (Å²) in [7, 11) is 0. The minimum Gasteiger partial charge on any atom is -0.484 e. The Bertz CT molecular complexity index is 456. The van der Waals surface area contributed by atoms with Crippen LogP contribution in [0.4, 0.5) is 0 Å². The fraction of sp³-hybridized carbons (Fsp3) is 0.500. The molecule has 5 heteroatoms. The van der Waals surface area contributed by atoms with E-state index in [4.69, 9.17) is 9.84 Å². The maximum Gasteiger partial charge on any atom is 0.305 e. The average Bonchev–Trinajstić information content (AvgIpc) is 2.46. The second kappa shape index (κ2) is 9.00. The number of rotatable bonds is 9. The van der Waals surface area contributed by atoms with Gasteiger partial charge in [-0.25, -0.2) is 0 Å². The Morgan fingerprint density at radius 1 is 1.19 bits per heavy atom. The number of hydrogen-bond acceptors (Lipinski definition) is 3. The number of hydrogen-bond donors (Lipinski definition) is 1. The predicted molar refractivity (Wildman–Crippen MR) is 80.4 cm³/mol. The Hall–Kier alpha value is -2.04. The smallest absolute Gasteiger partial charge is 0.305 e. The SMILES string of the molecule is CCCCN(CCC(=O)O)C(=O)COc1ccc(C)cc1. The molecular weight excluding hydrogens is 270 g/mol. The number of carboxylic acid groups (broad SMARTS) is 1. The highest BCUT2D eigenvalue weighted by Gasteiger charge is 2.15. The number of unbranched alkanes of at least 4 members (excludes halogenated alkanes) is 1. The molecule has 0 aromatic heterocycles. The van der Waals surface area contributed by atoms with Crippen molar-refractivity contribution in [2.75, 3.05) is 19.7 Å². The van der Waals surface area contributed by atoms with E-state index in [-0.39, 0.29) is 25.5 Å². The third-order valence-corrected chi connectivity index (χ3v) is 3.11. The molecule has 0 aliphatic heterocycles. The van der Waals surface area contributed by atoms with Gasteiger partial charge in [-0.2, -0.15) is 0 Å². The van der Waals surface area contributed by atoms with Crippen LogP contribution in [-0.4, -0.2) is 41.6 Å². The Morgan fingerprint density at radius 3 is 2.43 bits per heavy atom. The Labute approximate surface area is 125 Å². The third kappa shape index (κ3) is 6.79. The number of carboxylic acids is 1. The van der Waals surface area contributed by atoms with Gasteiger partial charge in [0.1, 0.15) is 5.75 Å². The monoisotopic (exact) mass is 293 g/mol. The van der Waals surface area contributed by atoms with Crippen LogP contribution in [0.1, 0.15) is 31.7 Å². The predicted octanol–water partition coefficient (Wildman–Crippen LogP) is 2.48. The number of aryl methyl sites for hydroxylation is 1. The van der Waals surface area contributed by atoms with Crippen LogP contribution < -0.4 is 4.74 Å². The lowest BCUT2D eigenvalue weighted by molar-refractivity contribution is -0.139. The van der Waals surface area contributed by atoms with E-state index >= 15 is 0 Å². The number of nitrogens with zero attached hydrogens (tertiary/aromatic N) is 1. The Morgan fingerprint density at radius 2 is 1.86 bits per heavy atom. The van der Waals surface area contributed by atoms with Gasteiger partial charge in [0.2, 0.25) is 0 Å². The molecule has 0 atom stereocenters. The first-order valence-electron chi connectivity index (χ1n) is 7.22. The quantitative estimate of drug-likeness (QED) is 0.759. The molecule has 1 aromatic carbocycles. The van der Waals surface area contributed by atoms with Crippen molar-refractivity contribution in [1.29, 1.82) is 0 Å². The summed E-state index contributed by atoms with van der Waals surface area (Å²) in [6.45, 7) is 4.74. The molecule has 0 aliphatic rings. The molecule has 0 saturated heterocycles. The van der Waals surface area contributed by atoms with Gasteiger partial charge in [-0.05, 0) is 25.5 Å². The first kappa shape index (κ1) is 17.0. The van der Waals surface area contributed by atoms with Crippen LogP contribution in [0.3, 0.4) is 0 Å². The maximum atomic E-state index is 12.1. The summed E-state index contributed by atoms with van der Waals surface area (Å²) in [4.78, 5) is 24.3. The number of amides is 1. The summed E-state index contributed by atoms with van der Waals surface area (Å²) in [6, 6.07) is 7.46. The fourth-order valence-corrected chi connectivity index (χ4v) is 1.81. The van der Waals surface area contributed by atoms with Crippen molar-refractivity contribution in [1.82, 2.24) is 4.90 Å². The Balaban J connectivity index is 2.50. The van der Waals surface area contributed by atoms with E-state index in [1.165, 1.54) is 0 Å². The van der Waals surface area contributed by atoms with Gasteiger partial charge in [0, 0.05) is 13.1 Å². The van der Waals surface area contributed by atoms with Gasteiger partial charge >= 0.3 is 5.97 Å². The van der Waals surface area contributed by atoms with E-state index in [0.29, 0.717) is 12.3 Å². The first-order valence-corrected chi connectivity index (χ1v) is 7.22. The fourth-order valence-electron chi connectivity index (χ4n) is 1.81. The normalized spacial score (nSPS) is 10.2. The molecular formula is C16H23NO4. The zero-order valence-corrected chi connectivity index (χ0v) is 12.7. The van der Waals surface area contributed by atoms with Crippen LogP contribution in [0.2, 0.25) is 0 Å². The summed E-state index contributed by atoms with van der Waals surface area (Å²) in [5.74, 6) is -0.434. The van der Waals surface area contributed by atoms with Gasteiger partial charge in [0.25, 0.3) is 5.91 Å². The zero-order chi connectivity index (χ0) is 15.7. The van der Waals surface area contributed by atoms with E-state index in [1.54, 1.807) is 4.90 Å². The molecule has 0 saturated carbocycles. The van der Waals surface area contributed by atoms with Crippen LogP contribution in [0, 0.1) is 6.92 Å². The van der Waals surface area contributed by atoms with E-state index in [9.17, 15) is 9.59 Å². The van der Waals surface area contributed by atoms with Crippen LogP contribution in [0.5, 0.6) is 5.75 Å². The van der Waals surface area contributed by atoms with Gasteiger partial charge in [-0.15, -0.1) is 0 Å². The maximum absolute atomic E-state index is 12.1.